The third-order valence-electron chi connectivity index (χ3n) is 5.68. The number of hydrogen-bond acceptors (Lipinski definition) is 4. The van der Waals surface area contributed by atoms with E-state index in [4.69, 9.17) is 16.3 Å². The molecule has 0 radical (unpaired) electrons. The molecule has 1 fully saturated rings. The maximum absolute atomic E-state index is 13.3. The third-order valence-corrected chi connectivity index (χ3v) is 8.29. The first kappa shape index (κ1) is 21.6. The molecule has 160 valence electrons. The molecule has 0 saturated carbocycles. The Hall–Kier alpha value is -1.61. The van der Waals surface area contributed by atoms with Crippen LogP contribution in [0.25, 0.3) is 0 Å². The molecule has 2 aliphatic heterocycles. The molecule has 2 aliphatic rings. The molecule has 2 aromatic rings. The number of halogens is 2. The molecule has 9 heteroatoms. The Morgan fingerprint density at radius 3 is 2.77 bits per heavy atom. The minimum Gasteiger partial charge on any atom is -0.495 e. The second kappa shape index (κ2) is 8.49. The van der Waals surface area contributed by atoms with Crippen LogP contribution in [0.1, 0.15) is 18.4 Å². The highest BCUT2D eigenvalue weighted by molar-refractivity contribution is 9.10. The monoisotopic (exact) mass is 512 g/mol. The summed E-state index contributed by atoms with van der Waals surface area (Å²) in [5, 5.41) is 0.318. The Balaban J connectivity index is 1.57. The fourth-order valence-electron chi connectivity index (χ4n) is 4.17. The molecule has 2 aromatic carbocycles. The van der Waals surface area contributed by atoms with Crippen molar-refractivity contribution in [2.45, 2.75) is 24.2 Å². The summed E-state index contributed by atoms with van der Waals surface area (Å²) in [6.07, 6.45) is 2.09. The number of ether oxygens (including phenoxy) is 1. The number of amides is 1. The van der Waals surface area contributed by atoms with Gasteiger partial charge in [0.1, 0.15) is 10.6 Å². The summed E-state index contributed by atoms with van der Waals surface area (Å²) in [5.41, 5.74) is 2.04. The van der Waals surface area contributed by atoms with Crippen molar-refractivity contribution in [2.24, 2.45) is 5.92 Å². The van der Waals surface area contributed by atoms with Crippen LogP contribution in [0.3, 0.4) is 0 Å². The molecule has 0 spiro atoms. The van der Waals surface area contributed by atoms with Crippen molar-refractivity contribution in [2.75, 3.05) is 31.6 Å². The summed E-state index contributed by atoms with van der Waals surface area (Å²) in [6.45, 7) is 1.14. The number of nitrogens with zero attached hydrogens (tertiary/aromatic N) is 2. The van der Waals surface area contributed by atoms with Gasteiger partial charge in [-0.3, -0.25) is 4.79 Å². The van der Waals surface area contributed by atoms with Crippen molar-refractivity contribution < 1.29 is 17.9 Å². The Morgan fingerprint density at radius 2 is 2.00 bits per heavy atom. The van der Waals surface area contributed by atoms with Gasteiger partial charge in [0, 0.05) is 34.8 Å². The van der Waals surface area contributed by atoms with Crippen molar-refractivity contribution >= 4 is 49.1 Å². The Morgan fingerprint density at radius 1 is 1.20 bits per heavy atom. The van der Waals surface area contributed by atoms with E-state index in [1.165, 1.54) is 17.5 Å². The molecule has 30 heavy (non-hydrogen) atoms. The molecule has 1 atom stereocenters. The average Bonchev–Trinajstić information content (AvgIpc) is 3.16. The first-order chi connectivity index (χ1) is 14.3. The fraction of sp³-hybridized carbons (Fsp3) is 0.381. The van der Waals surface area contributed by atoms with Gasteiger partial charge in [-0.05, 0) is 61.2 Å². The predicted octanol–water partition coefficient (Wildman–Crippen LogP) is 4.10. The highest BCUT2D eigenvalue weighted by atomic mass is 79.9. The maximum atomic E-state index is 13.3. The smallest absolute Gasteiger partial charge is 0.246 e. The van der Waals surface area contributed by atoms with Gasteiger partial charge in [0.25, 0.3) is 0 Å². The zero-order valence-corrected chi connectivity index (χ0v) is 19.6. The lowest BCUT2D eigenvalue weighted by molar-refractivity contribution is -0.123. The van der Waals surface area contributed by atoms with Crippen LogP contribution in [0, 0.1) is 5.92 Å². The number of sulfonamides is 1. The van der Waals surface area contributed by atoms with Gasteiger partial charge in [0.05, 0.1) is 13.0 Å². The number of carbonyl (C=O) groups is 1. The minimum atomic E-state index is -3.84. The normalized spacial score (nSPS) is 19.6. The van der Waals surface area contributed by atoms with Gasteiger partial charge in [-0.1, -0.05) is 27.5 Å². The Labute approximate surface area is 189 Å². The highest BCUT2D eigenvalue weighted by Crippen LogP contribution is 2.35. The van der Waals surface area contributed by atoms with Gasteiger partial charge in [-0.2, -0.15) is 4.31 Å². The number of rotatable bonds is 4. The van der Waals surface area contributed by atoms with E-state index in [2.05, 4.69) is 15.9 Å². The lowest BCUT2D eigenvalue weighted by Gasteiger charge is -2.33. The van der Waals surface area contributed by atoms with Gasteiger partial charge in [0.15, 0.2) is 0 Å². The lowest BCUT2D eigenvalue weighted by atomic mass is 9.98. The van der Waals surface area contributed by atoms with Crippen molar-refractivity contribution in [1.29, 1.82) is 0 Å². The molecule has 4 rings (SSSR count). The van der Waals surface area contributed by atoms with E-state index in [-0.39, 0.29) is 29.0 Å². The second-order valence-electron chi connectivity index (χ2n) is 7.51. The lowest BCUT2D eigenvalue weighted by Crippen LogP contribution is -2.46. The fourth-order valence-corrected chi connectivity index (χ4v) is 6.52. The van der Waals surface area contributed by atoms with Crippen LogP contribution in [0.4, 0.5) is 5.69 Å². The summed E-state index contributed by atoms with van der Waals surface area (Å²) in [7, 11) is -2.41. The quantitative estimate of drug-likeness (QED) is 0.617. The summed E-state index contributed by atoms with van der Waals surface area (Å²) in [4.78, 5) is 15.1. The molecule has 6 nitrogen and oxygen atoms in total. The van der Waals surface area contributed by atoms with Gasteiger partial charge >= 0.3 is 0 Å². The van der Waals surface area contributed by atoms with E-state index in [9.17, 15) is 13.2 Å². The van der Waals surface area contributed by atoms with E-state index in [1.54, 1.807) is 17.0 Å². The maximum Gasteiger partial charge on any atom is 0.246 e. The van der Waals surface area contributed by atoms with E-state index in [0.717, 1.165) is 22.1 Å². The summed E-state index contributed by atoms with van der Waals surface area (Å²) in [5.74, 6) is -0.158. The zero-order valence-electron chi connectivity index (χ0n) is 16.5. The highest BCUT2D eigenvalue weighted by Gasteiger charge is 2.38. The number of anilines is 1. The second-order valence-corrected chi connectivity index (χ2v) is 10.8. The minimum absolute atomic E-state index is 0.0194. The van der Waals surface area contributed by atoms with E-state index in [1.807, 2.05) is 18.2 Å². The Bertz CT molecular complexity index is 1090. The molecule has 0 aromatic heterocycles. The molecule has 0 bridgehead atoms. The topological polar surface area (TPSA) is 66.9 Å². The molecule has 1 saturated heterocycles. The molecule has 1 amide bonds. The average molecular weight is 514 g/mol. The molecule has 2 heterocycles. The molecule has 0 N–H and O–H groups in total. The van der Waals surface area contributed by atoms with Crippen molar-refractivity contribution in [3.63, 3.8) is 0 Å². The van der Waals surface area contributed by atoms with Gasteiger partial charge in [-0.15, -0.1) is 0 Å². The summed E-state index contributed by atoms with van der Waals surface area (Å²) >= 11 is 9.51. The van der Waals surface area contributed by atoms with E-state index >= 15 is 0 Å². The van der Waals surface area contributed by atoms with Crippen LogP contribution < -0.4 is 9.64 Å². The van der Waals surface area contributed by atoms with E-state index in [0.29, 0.717) is 31.0 Å². The SMILES string of the molecule is COc1ccc(Cl)cc1S(=O)(=O)N1CCC[C@H](C(=O)N2CCc3cc(Br)ccc32)C1. The third kappa shape index (κ3) is 3.98. The van der Waals surface area contributed by atoms with Crippen molar-refractivity contribution in [3.8, 4) is 5.75 Å². The zero-order chi connectivity index (χ0) is 21.5. The predicted molar refractivity (Wildman–Crippen MR) is 120 cm³/mol. The number of hydrogen-bond donors (Lipinski definition) is 0. The molecule has 0 unspecified atom stereocenters. The largest absolute Gasteiger partial charge is 0.495 e. The van der Waals surface area contributed by atoms with Crippen LogP contribution in [-0.2, 0) is 21.2 Å². The van der Waals surface area contributed by atoms with Crippen molar-refractivity contribution in [3.05, 3.63) is 51.5 Å². The van der Waals surface area contributed by atoms with Crippen LogP contribution in [0.5, 0.6) is 5.75 Å². The van der Waals surface area contributed by atoms with Crippen molar-refractivity contribution in [1.82, 2.24) is 4.31 Å². The Kier molecular flexibility index (Phi) is 6.12. The van der Waals surface area contributed by atoms with Crippen LogP contribution in [-0.4, -0.2) is 45.4 Å². The molecular formula is C21H22BrClN2O4S. The number of piperidine rings is 1. The molecular weight excluding hydrogens is 492 g/mol. The number of carbonyl (C=O) groups excluding carboxylic acids is 1. The number of fused-ring (bicyclic) bond motifs is 1. The van der Waals surface area contributed by atoms with Gasteiger partial charge in [-0.25, -0.2) is 8.42 Å². The van der Waals surface area contributed by atoms with Crippen LogP contribution in [0.2, 0.25) is 5.02 Å². The first-order valence-electron chi connectivity index (χ1n) is 9.75. The summed E-state index contributed by atoms with van der Waals surface area (Å²) < 4.78 is 34.2. The molecule has 0 aliphatic carbocycles. The van der Waals surface area contributed by atoms with E-state index < -0.39 is 10.0 Å². The van der Waals surface area contributed by atoms with Crippen LogP contribution >= 0.6 is 27.5 Å². The van der Waals surface area contributed by atoms with Crippen LogP contribution in [0.15, 0.2) is 45.8 Å². The van der Waals surface area contributed by atoms with Gasteiger partial charge < -0.3 is 9.64 Å². The first-order valence-corrected chi connectivity index (χ1v) is 12.4. The summed E-state index contributed by atoms with van der Waals surface area (Å²) in [6, 6.07) is 10.4. The number of methoxy groups -OCH3 is 1. The number of benzene rings is 2. The standard InChI is InChI=1S/C21H22BrClN2O4S/c1-29-19-7-5-17(23)12-20(19)30(27,28)24-9-2-3-15(13-24)21(26)25-10-8-14-11-16(22)4-6-18(14)25/h4-7,11-12,15H,2-3,8-10,13H2,1H3/t15-/m0/s1. The van der Waals surface area contributed by atoms with Gasteiger partial charge in [0.2, 0.25) is 15.9 Å².